The second-order valence-electron chi connectivity index (χ2n) is 7.54. The molecule has 3 aromatic rings. The zero-order valence-electron chi connectivity index (χ0n) is 19.4. The highest BCUT2D eigenvalue weighted by Crippen LogP contribution is 2.46. The standard InChI is InChI=1S/C24H26ClN3O6/c1-5-33-21(29)12-19-24-27-26-20(13-30-2)28(24)17-10-9-14(25)11-16(17)22(34-19)15-7-6-8-18(31-3)23(15)32-4/h6-11,19,22H,5,12-13H2,1-4H3/t19-,22-/m1/s1. The molecule has 0 N–H and O–H groups in total. The van der Waals surface area contributed by atoms with Gasteiger partial charge in [0.15, 0.2) is 23.1 Å². The largest absolute Gasteiger partial charge is 0.493 e. The molecule has 0 unspecified atom stereocenters. The molecule has 0 aliphatic carbocycles. The third kappa shape index (κ3) is 4.46. The van der Waals surface area contributed by atoms with Crippen molar-refractivity contribution in [2.24, 2.45) is 0 Å². The average molecular weight is 488 g/mol. The van der Waals surface area contributed by atoms with E-state index < -0.39 is 18.2 Å². The number of aromatic nitrogens is 3. The SMILES string of the molecule is CCOC(=O)C[C@H]1O[C@H](c2cccc(OC)c2OC)c2cc(Cl)ccc2-n2c(COC)nnc21. The van der Waals surface area contributed by atoms with E-state index in [2.05, 4.69) is 10.2 Å². The maximum atomic E-state index is 12.5. The Kier molecular flexibility index (Phi) is 7.35. The number of benzene rings is 2. The Labute approximate surface area is 202 Å². The molecule has 34 heavy (non-hydrogen) atoms. The molecule has 10 heteroatoms. The van der Waals surface area contributed by atoms with Crippen LogP contribution in [-0.2, 0) is 25.6 Å². The molecule has 0 amide bonds. The van der Waals surface area contributed by atoms with Gasteiger partial charge in [-0.15, -0.1) is 10.2 Å². The van der Waals surface area contributed by atoms with Gasteiger partial charge >= 0.3 is 5.97 Å². The monoisotopic (exact) mass is 487 g/mol. The van der Waals surface area contributed by atoms with Crippen molar-refractivity contribution in [1.29, 1.82) is 0 Å². The Balaban J connectivity index is 1.95. The minimum atomic E-state index is -0.760. The number of hydrogen-bond donors (Lipinski definition) is 0. The lowest BCUT2D eigenvalue weighted by molar-refractivity contribution is -0.147. The van der Waals surface area contributed by atoms with Gasteiger partial charge in [0.2, 0.25) is 0 Å². The number of rotatable bonds is 8. The summed E-state index contributed by atoms with van der Waals surface area (Å²) in [4.78, 5) is 12.5. The maximum absolute atomic E-state index is 12.5. The van der Waals surface area contributed by atoms with Gasteiger partial charge in [-0.1, -0.05) is 23.7 Å². The molecular weight excluding hydrogens is 462 g/mol. The van der Waals surface area contributed by atoms with Crippen molar-refractivity contribution < 1.29 is 28.5 Å². The molecule has 1 aliphatic rings. The Morgan fingerprint density at radius 1 is 1.12 bits per heavy atom. The van der Waals surface area contributed by atoms with Crippen LogP contribution in [-0.4, -0.2) is 48.7 Å². The Morgan fingerprint density at radius 2 is 1.94 bits per heavy atom. The van der Waals surface area contributed by atoms with Crippen molar-refractivity contribution in [3.05, 3.63) is 64.2 Å². The Bertz CT molecular complexity index is 1180. The van der Waals surface area contributed by atoms with Crippen LogP contribution < -0.4 is 9.47 Å². The number of esters is 1. The summed E-state index contributed by atoms with van der Waals surface area (Å²) in [5, 5.41) is 9.19. The number of nitrogens with zero attached hydrogens (tertiary/aromatic N) is 3. The zero-order chi connectivity index (χ0) is 24.2. The Hall–Kier alpha value is -3.14. The first-order valence-corrected chi connectivity index (χ1v) is 11.1. The van der Waals surface area contributed by atoms with Gasteiger partial charge < -0.3 is 23.7 Å². The molecule has 0 fully saturated rings. The first-order chi connectivity index (χ1) is 16.5. The molecule has 0 radical (unpaired) electrons. The van der Waals surface area contributed by atoms with Crippen LogP contribution in [0.2, 0.25) is 5.02 Å². The fraction of sp³-hybridized carbons (Fsp3) is 0.375. The number of halogens is 1. The molecule has 2 aromatic carbocycles. The van der Waals surface area contributed by atoms with Gasteiger partial charge in [-0.05, 0) is 31.2 Å². The van der Waals surface area contributed by atoms with E-state index >= 15 is 0 Å². The van der Waals surface area contributed by atoms with Gasteiger partial charge in [0, 0.05) is 23.3 Å². The van der Waals surface area contributed by atoms with E-state index in [4.69, 9.17) is 35.3 Å². The maximum Gasteiger partial charge on any atom is 0.308 e. The Morgan fingerprint density at radius 3 is 2.65 bits per heavy atom. The summed E-state index contributed by atoms with van der Waals surface area (Å²) in [6.07, 6.45) is -1.47. The van der Waals surface area contributed by atoms with E-state index in [1.54, 1.807) is 40.4 Å². The van der Waals surface area contributed by atoms with E-state index in [0.717, 1.165) is 11.3 Å². The summed E-state index contributed by atoms with van der Waals surface area (Å²) >= 11 is 6.43. The molecule has 2 atom stereocenters. The number of methoxy groups -OCH3 is 3. The number of carbonyl (C=O) groups excluding carboxylic acids is 1. The fourth-order valence-electron chi connectivity index (χ4n) is 4.13. The molecule has 2 heterocycles. The highest BCUT2D eigenvalue weighted by Gasteiger charge is 2.36. The van der Waals surface area contributed by atoms with Crippen molar-refractivity contribution in [1.82, 2.24) is 14.8 Å². The molecule has 0 bridgehead atoms. The smallest absolute Gasteiger partial charge is 0.308 e. The fourth-order valence-corrected chi connectivity index (χ4v) is 4.31. The van der Waals surface area contributed by atoms with E-state index in [-0.39, 0.29) is 19.6 Å². The van der Waals surface area contributed by atoms with E-state index in [1.165, 1.54) is 0 Å². The van der Waals surface area contributed by atoms with Crippen LogP contribution in [0, 0.1) is 0 Å². The molecule has 1 aliphatic heterocycles. The molecular formula is C24H26ClN3O6. The summed E-state index contributed by atoms with van der Waals surface area (Å²) in [5.41, 5.74) is 2.23. The molecule has 0 saturated carbocycles. The summed E-state index contributed by atoms with van der Waals surface area (Å²) in [6.45, 7) is 2.23. The molecule has 0 spiro atoms. The summed E-state index contributed by atoms with van der Waals surface area (Å²) in [7, 11) is 4.72. The van der Waals surface area contributed by atoms with Crippen LogP contribution in [0.5, 0.6) is 11.5 Å². The third-order valence-electron chi connectivity index (χ3n) is 5.50. The van der Waals surface area contributed by atoms with Crippen LogP contribution in [0.4, 0.5) is 0 Å². The van der Waals surface area contributed by atoms with E-state index in [1.807, 2.05) is 28.8 Å². The summed E-state index contributed by atoms with van der Waals surface area (Å²) < 4.78 is 30.2. The van der Waals surface area contributed by atoms with Crippen LogP contribution in [0.25, 0.3) is 5.69 Å². The molecule has 0 saturated heterocycles. The lowest BCUT2D eigenvalue weighted by atomic mass is 9.98. The number of fused-ring (bicyclic) bond motifs is 3. The van der Waals surface area contributed by atoms with Crippen molar-refractivity contribution >= 4 is 17.6 Å². The third-order valence-corrected chi connectivity index (χ3v) is 5.74. The van der Waals surface area contributed by atoms with E-state index in [0.29, 0.717) is 33.7 Å². The quantitative estimate of drug-likeness (QED) is 0.436. The van der Waals surface area contributed by atoms with Crippen molar-refractivity contribution in [3.63, 3.8) is 0 Å². The van der Waals surface area contributed by atoms with Crippen LogP contribution in [0.3, 0.4) is 0 Å². The molecule has 1 aromatic heterocycles. The van der Waals surface area contributed by atoms with Crippen LogP contribution in [0.15, 0.2) is 36.4 Å². The minimum Gasteiger partial charge on any atom is -0.493 e. The zero-order valence-corrected chi connectivity index (χ0v) is 20.2. The highest BCUT2D eigenvalue weighted by atomic mass is 35.5. The van der Waals surface area contributed by atoms with Gasteiger partial charge in [0.25, 0.3) is 0 Å². The highest BCUT2D eigenvalue weighted by molar-refractivity contribution is 6.30. The van der Waals surface area contributed by atoms with Crippen LogP contribution >= 0.6 is 11.6 Å². The molecule has 4 rings (SSSR count). The van der Waals surface area contributed by atoms with Crippen molar-refractivity contribution in [2.75, 3.05) is 27.9 Å². The number of hydrogen-bond acceptors (Lipinski definition) is 8. The number of ether oxygens (including phenoxy) is 5. The van der Waals surface area contributed by atoms with Gasteiger partial charge in [-0.25, -0.2) is 0 Å². The van der Waals surface area contributed by atoms with Crippen molar-refractivity contribution in [3.8, 4) is 17.2 Å². The van der Waals surface area contributed by atoms with Gasteiger partial charge in [-0.3, -0.25) is 9.36 Å². The topological polar surface area (TPSA) is 93.9 Å². The summed E-state index contributed by atoms with van der Waals surface area (Å²) in [6, 6.07) is 11.0. The lowest BCUT2D eigenvalue weighted by Gasteiger charge is -2.24. The average Bonchev–Trinajstić information content (AvgIpc) is 3.19. The van der Waals surface area contributed by atoms with Gasteiger partial charge in [0.05, 0.1) is 32.9 Å². The first-order valence-electron chi connectivity index (χ1n) is 10.8. The van der Waals surface area contributed by atoms with Gasteiger partial charge in [0.1, 0.15) is 18.8 Å². The van der Waals surface area contributed by atoms with Gasteiger partial charge in [-0.2, -0.15) is 0 Å². The second-order valence-corrected chi connectivity index (χ2v) is 7.98. The van der Waals surface area contributed by atoms with Crippen LogP contribution in [0.1, 0.15) is 48.3 Å². The predicted molar refractivity (Wildman–Crippen MR) is 124 cm³/mol. The molecule has 9 nitrogen and oxygen atoms in total. The predicted octanol–water partition coefficient (Wildman–Crippen LogP) is 4.20. The minimum absolute atomic E-state index is 0.0521. The van der Waals surface area contributed by atoms with E-state index in [9.17, 15) is 4.79 Å². The number of carbonyl (C=O) groups is 1. The molecule has 180 valence electrons. The normalized spacial score (nSPS) is 16.9. The van der Waals surface area contributed by atoms with Crippen molar-refractivity contribution in [2.45, 2.75) is 32.2 Å². The number of para-hydroxylation sites is 1. The second kappa shape index (κ2) is 10.4. The lowest BCUT2D eigenvalue weighted by Crippen LogP contribution is -2.17. The first kappa shape index (κ1) is 24.0. The summed E-state index contributed by atoms with van der Waals surface area (Å²) in [5.74, 6) is 1.70.